The Morgan fingerprint density at radius 3 is 2.45 bits per heavy atom. The molecule has 116 valence electrons. The molecule has 0 aliphatic carbocycles. The van der Waals surface area contributed by atoms with Crippen LogP contribution in [0, 0.1) is 0 Å². The summed E-state index contributed by atoms with van der Waals surface area (Å²) in [6.45, 7) is 1.89. The highest BCUT2D eigenvalue weighted by Gasteiger charge is 2.15. The summed E-state index contributed by atoms with van der Waals surface area (Å²) in [5.74, 6) is 0.768. The van der Waals surface area contributed by atoms with E-state index in [2.05, 4.69) is 37.2 Å². The molecule has 0 saturated carbocycles. The number of rotatable bonds is 5. The van der Waals surface area contributed by atoms with Crippen LogP contribution in [0.1, 0.15) is 6.92 Å². The van der Waals surface area contributed by atoms with E-state index in [-0.39, 0.29) is 11.2 Å². The summed E-state index contributed by atoms with van der Waals surface area (Å²) in [4.78, 5) is 13.3. The van der Waals surface area contributed by atoms with E-state index in [0.29, 0.717) is 0 Å². The van der Waals surface area contributed by atoms with Gasteiger partial charge in [-0.05, 0) is 65.3 Å². The highest BCUT2D eigenvalue weighted by molar-refractivity contribution is 9.11. The molecule has 0 aromatic heterocycles. The third-order valence-electron chi connectivity index (χ3n) is 2.93. The van der Waals surface area contributed by atoms with Crippen LogP contribution in [-0.4, -0.2) is 18.3 Å². The van der Waals surface area contributed by atoms with Gasteiger partial charge >= 0.3 is 0 Å². The Labute approximate surface area is 151 Å². The van der Waals surface area contributed by atoms with Crippen molar-refractivity contribution in [3.05, 3.63) is 51.4 Å². The normalized spacial score (nSPS) is 11.8. The van der Waals surface area contributed by atoms with Crippen molar-refractivity contribution in [1.29, 1.82) is 0 Å². The first-order valence-electron chi connectivity index (χ1n) is 6.56. The van der Waals surface area contributed by atoms with Gasteiger partial charge in [0.25, 0.3) is 0 Å². The molecule has 0 radical (unpaired) electrons. The second-order valence-electron chi connectivity index (χ2n) is 4.55. The molecule has 22 heavy (non-hydrogen) atoms. The molecule has 1 unspecified atom stereocenters. The Bertz CT molecular complexity index is 662. The van der Waals surface area contributed by atoms with Crippen molar-refractivity contribution in [2.45, 2.75) is 17.1 Å². The number of anilines is 1. The van der Waals surface area contributed by atoms with Gasteiger partial charge in [-0.15, -0.1) is 11.8 Å². The van der Waals surface area contributed by atoms with Crippen LogP contribution in [0.4, 0.5) is 5.69 Å². The molecule has 0 aliphatic heterocycles. The molecule has 0 saturated heterocycles. The van der Waals surface area contributed by atoms with Gasteiger partial charge in [-0.2, -0.15) is 0 Å². The summed E-state index contributed by atoms with van der Waals surface area (Å²) in [5, 5.41) is 2.72. The molecule has 1 amide bonds. The number of benzene rings is 2. The van der Waals surface area contributed by atoms with Crippen LogP contribution in [0.25, 0.3) is 0 Å². The lowest BCUT2D eigenvalue weighted by molar-refractivity contribution is -0.115. The van der Waals surface area contributed by atoms with E-state index in [1.165, 1.54) is 11.8 Å². The molecule has 2 rings (SSSR count). The molecule has 1 atom stereocenters. The number of thioether (sulfide) groups is 1. The van der Waals surface area contributed by atoms with Crippen LogP contribution in [0.15, 0.2) is 56.3 Å². The minimum Gasteiger partial charge on any atom is -0.497 e. The van der Waals surface area contributed by atoms with Crippen molar-refractivity contribution in [2.24, 2.45) is 0 Å². The lowest BCUT2D eigenvalue weighted by Crippen LogP contribution is -2.22. The number of hydrogen-bond acceptors (Lipinski definition) is 3. The topological polar surface area (TPSA) is 38.3 Å². The third-order valence-corrected chi connectivity index (χ3v) is 5.19. The Morgan fingerprint density at radius 1 is 1.18 bits per heavy atom. The molecule has 2 aromatic carbocycles. The van der Waals surface area contributed by atoms with E-state index in [9.17, 15) is 4.79 Å². The number of carbonyl (C=O) groups is 1. The summed E-state index contributed by atoms with van der Waals surface area (Å²) in [6.07, 6.45) is 0. The molecule has 0 heterocycles. The molecule has 2 aromatic rings. The van der Waals surface area contributed by atoms with E-state index in [1.54, 1.807) is 7.11 Å². The Kier molecular flexibility index (Phi) is 6.35. The molecule has 0 fully saturated rings. The summed E-state index contributed by atoms with van der Waals surface area (Å²) >= 11 is 8.34. The van der Waals surface area contributed by atoms with Crippen molar-refractivity contribution in [1.82, 2.24) is 0 Å². The predicted octanol–water partition coefficient (Wildman–Crippen LogP) is 5.34. The molecular weight excluding hydrogens is 430 g/mol. The van der Waals surface area contributed by atoms with Crippen LogP contribution in [0.2, 0.25) is 0 Å². The van der Waals surface area contributed by atoms with E-state index >= 15 is 0 Å². The molecular formula is C16H15Br2NO2S. The zero-order valence-corrected chi connectivity index (χ0v) is 16.1. The fourth-order valence-corrected chi connectivity index (χ4v) is 3.75. The number of amides is 1. The molecule has 6 heteroatoms. The van der Waals surface area contributed by atoms with Crippen molar-refractivity contribution >= 4 is 55.2 Å². The van der Waals surface area contributed by atoms with E-state index in [0.717, 1.165) is 25.3 Å². The second kappa shape index (κ2) is 8.04. The maximum absolute atomic E-state index is 12.3. The predicted molar refractivity (Wildman–Crippen MR) is 98.8 cm³/mol. The monoisotopic (exact) mass is 443 g/mol. The quantitative estimate of drug-likeness (QED) is 0.632. The first kappa shape index (κ1) is 17.4. The number of halogens is 2. The smallest absolute Gasteiger partial charge is 0.237 e. The summed E-state index contributed by atoms with van der Waals surface area (Å²) in [7, 11) is 1.63. The molecule has 0 aliphatic rings. The molecule has 0 spiro atoms. The number of ether oxygens (including phenoxy) is 1. The minimum absolute atomic E-state index is 0.0381. The van der Waals surface area contributed by atoms with Gasteiger partial charge in [0.1, 0.15) is 5.75 Å². The minimum atomic E-state index is -0.205. The summed E-state index contributed by atoms with van der Waals surface area (Å²) < 4.78 is 6.93. The third kappa shape index (κ3) is 4.76. The fraction of sp³-hybridized carbons (Fsp3) is 0.188. The lowest BCUT2D eigenvalue weighted by atomic mass is 10.3. The van der Waals surface area contributed by atoms with Crippen LogP contribution in [0.5, 0.6) is 5.75 Å². The van der Waals surface area contributed by atoms with Gasteiger partial charge in [-0.3, -0.25) is 4.79 Å². The Hall–Kier alpha value is -0.980. The van der Waals surface area contributed by atoms with Crippen molar-refractivity contribution in [2.75, 3.05) is 12.4 Å². The maximum Gasteiger partial charge on any atom is 0.237 e. The Morgan fingerprint density at radius 2 is 1.86 bits per heavy atom. The van der Waals surface area contributed by atoms with Crippen LogP contribution < -0.4 is 10.1 Å². The molecule has 0 bridgehead atoms. The number of hydrogen-bond donors (Lipinski definition) is 1. The van der Waals surface area contributed by atoms with E-state index < -0.39 is 0 Å². The maximum atomic E-state index is 12.3. The van der Waals surface area contributed by atoms with Gasteiger partial charge in [-0.1, -0.05) is 15.9 Å². The first-order valence-corrected chi connectivity index (χ1v) is 9.03. The first-order chi connectivity index (χ1) is 10.5. The van der Waals surface area contributed by atoms with Crippen molar-refractivity contribution in [3.63, 3.8) is 0 Å². The number of carbonyl (C=O) groups excluding carboxylic acids is 1. The standard InChI is InChI=1S/C16H15Br2NO2S/c1-10(22-13-6-4-12(21-2)5-7-13)16(20)19-15-8-3-11(17)9-14(15)18/h3-10H,1-2H3,(H,19,20). The van der Waals surface area contributed by atoms with Gasteiger partial charge in [0.15, 0.2) is 0 Å². The summed E-state index contributed by atoms with van der Waals surface area (Å²) in [5.41, 5.74) is 0.760. The number of nitrogens with one attached hydrogen (secondary N) is 1. The van der Waals surface area contributed by atoms with E-state index in [4.69, 9.17) is 4.74 Å². The highest BCUT2D eigenvalue weighted by Crippen LogP contribution is 2.29. The zero-order valence-electron chi connectivity index (χ0n) is 12.1. The van der Waals surface area contributed by atoms with Crippen LogP contribution >= 0.6 is 43.6 Å². The summed E-state index contributed by atoms with van der Waals surface area (Å²) in [6, 6.07) is 13.3. The second-order valence-corrected chi connectivity index (χ2v) is 7.73. The molecule has 3 nitrogen and oxygen atoms in total. The SMILES string of the molecule is COc1ccc(SC(C)C(=O)Nc2ccc(Br)cc2Br)cc1. The lowest BCUT2D eigenvalue weighted by Gasteiger charge is -2.13. The van der Waals surface area contributed by atoms with Gasteiger partial charge in [0.2, 0.25) is 5.91 Å². The Balaban J connectivity index is 1.99. The number of methoxy groups -OCH3 is 1. The van der Waals surface area contributed by atoms with Crippen LogP contribution in [0.3, 0.4) is 0 Å². The van der Waals surface area contributed by atoms with Gasteiger partial charge in [0.05, 0.1) is 18.0 Å². The van der Waals surface area contributed by atoms with Crippen LogP contribution in [-0.2, 0) is 4.79 Å². The fourth-order valence-electron chi connectivity index (χ4n) is 1.74. The zero-order chi connectivity index (χ0) is 16.1. The van der Waals surface area contributed by atoms with Crippen molar-refractivity contribution < 1.29 is 9.53 Å². The highest BCUT2D eigenvalue weighted by atomic mass is 79.9. The average Bonchev–Trinajstić information content (AvgIpc) is 2.50. The van der Waals surface area contributed by atoms with Gasteiger partial charge in [-0.25, -0.2) is 0 Å². The van der Waals surface area contributed by atoms with Gasteiger partial charge in [0, 0.05) is 13.8 Å². The van der Waals surface area contributed by atoms with Gasteiger partial charge < -0.3 is 10.1 Å². The average molecular weight is 445 g/mol. The molecule has 1 N–H and O–H groups in total. The van der Waals surface area contributed by atoms with E-state index in [1.807, 2.05) is 49.4 Å². The largest absolute Gasteiger partial charge is 0.497 e. The van der Waals surface area contributed by atoms with Crippen molar-refractivity contribution in [3.8, 4) is 5.75 Å².